The number of sulfone groups is 1. The molecule has 1 aliphatic carbocycles. The topological polar surface area (TPSA) is 46.2 Å². The van der Waals surface area contributed by atoms with Crippen LogP contribution in [0.25, 0.3) is 0 Å². The maximum atomic E-state index is 11.6. The van der Waals surface area contributed by atoms with Crippen molar-refractivity contribution < 1.29 is 8.42 Å². The second-order valence-corrected chi connectivity index (χ2v) is 8.62. The molecule has 0 aliphatic heterocycles. The van der Waals surface area contributed by atoms with Crippen LogP contribution in [0.4, 0.5) is 0 Å². The highest BCUT2D eigenvalue weighted by Gasteiger charge is 2.24. The Bertz CT molecular complexity index is 519. The average molecular weight is 309 g/mol. The molecule has 0 aromatic heterocycles. The van der Waals surface area contributed by atoms with Crippen molar-refractivity contribution in [3.8, 4) is 0 Å². The Morgan fingerprint density at radius 1 is 1.14 bits per heavy atom. The molecular formula is C17H27NO2S. The molecular weight excluding hydrogens is 282 g/mol. The summed E-state index contributed by atoms with van der Waals surface area (Å²) in [5.74, 6) is 1.15. The van der Waals surface area contributed by atoms with Crippen molar-refractivity contribution in [2.24, 2.45) is 0 Å². The van der Waals surface area contributed by atoms with Crippen LogP contribution in [0.3, 0.4) is 0 Å². The first-order valence-electron chi connectivity index (χ1n) is 8.01. The highest BCUT2D eigenvalue weighted by Crippen LogP contribution is 2.32. The molecule has 1 N–H and O–H groups in total. The maximum absolute atomic E-state index is 11.6. The summed E-state index contributed by atoms with van der Waals surface area (Å²) in [4.78, 5) is 0. The molecule has 0 amide bonds. The Labute approximate surface area is 129 Å². The van der Waals surface area contributed by atoms with Crippen LogP contribution in [0.2, 0.25) is 0 Å². The zero-order valence-electron chi connectivity index (χ0n) is 13.1. The standard InChI is InChI=1S/C17H27NO2S/c1-3-21(19,20)13-14(2)18-17-11-9-16(10-12-17)15-7-5-4-6-8-15/h4-8,14,16-18H,3,9-13H2,1-2H3. The third-order valence-electron chi connectivity index (χ3n) is 4.46. The molecule has 1 aliphatic rings. The normalized spacial score (nSPS) is 24.7. The first kappa shape index (κ1) is 16.5. The Kier molecular flexibility index (Phi) is 5.82. The third-order valence-corrected chi connectivity index (χ3v) is 6.35. The first-order valence-corrected chi connectivity index (χ1v) is 9.83. The minimum absolute atomic E-state index is 0.0493. The highest BCUT2D eigenvalue weighted by molar-refractivity contribution is 7.91. The molecule has 1 fully saturated rings. The largest absolute Gasteiger partial charge is 0.310 e. The van der Waals surface area contributed by atoms with E-state index in [2.05, 4.69) is 35.6 Å². The van der Waals surface area contributed by atoms with E-state index in [0.29, 0.717) is 12.0 Å². The molecule has 118 valence electrons. The lowest BCUT2D eigenvalue weighted by Crippen LogP contribution is -2.42. The third kappa shape index (κ3) is 5.11. The molecule has 0 bridgehead atoms. The lowest BCUT2D eigenvalue weighted by atomic mass is 9.81. The molecule has 0 spiro atoms. The quantitative estimate of drug-likeness (QED) is 0.878. The molecule has 1 aromatic carbocycles. The molecule has 1 aromatic rings. The summed E-state index contributed by atoms with van der Waals surface area (Å²) in [5.41, 5.74) is 1.44. The van der Waals surface area contributed by atoms with E-state index in [-0.39, 0.29) is 17.5 Å². The summed E-state index contributed by atoms with van der Waals surface area (Å²) in [7, 11) is -2.89. The van der Waals surface area contributed by atoms with Crippen LogP contribution in [0.5, 0.6) is 0 Å². The molecule has 3 nitrogen and oxygen atoms in total. The highest BCUT2D eigenvalue weighted by atomic mass is 32.2. The number of hydrogen-bond donors (Lipinski definition) is 1. The molecule has 21 heavy (non-hydrogen) atoms. The van der Waals surface area contributed by atoms with Crippen molar-refractivity contribution in [2.45, 2.75) is 57.5 Å². The van der Waals surface area contributed by atoms with Gasteiger partial charge in [0.2, 0.25) is 0 Å². The first-order chi connectivity index (χ1) is 10.00. The summed E-state index contributed by atoms with van der Waals surface area (Å²) in [6.45, 7) is 3.70. The van der Waals surface area contributed by atoms with Gasteiger partial charge in [0.15, 0.2) is 9.84 Å². The fraction of sp³-hybridized carbons (Fsp3) is 0.647. The number of benzene rings is 1. The fourth-order valence-electron chi connectivity index (χ4n) is 3.27. The summed E-state index contributed by atoms with van der Waals surface area (Å²) in [6, 6.07) is 11.2. The zero-order chi connectivity index (χ0) is 15.3. The molecule has 1 atom stereocenters. The van der Waals surface area contributed by atoms with E-state index in [1.807, 2.05) is 6.92 Å². The van der Waals surface area contributed by atoms with E-state index in [9.17, 15) is 8.42 Å². The second kappa shape index (κ2) is 7.41. The van der Waals surface area contributed by atoms with Crippen LogP contribution in [0.1, 0.15) is 51.0 Å². The molecule has 0 radical (unpaired) electrons. The van der Waals surface area contributed by atoms with Gasteiger partial charge in [-0.2, -0.15) is 0 Å². The molecule has 4 heteroatoms. The van der Waals surface area contributed by atoms with Gasteiger partial charge in [0.1, 0.15) is 0 Å². The van der Waals surface area contributed by atoms with Crippen molar-refractivity contribution in [2.75, 3.05) is 11.5 Å². The van der Waals surface area contributed by atoms with E-state index in [1.165, 1.54) is 18.4 Å². The van der Waals surface area contributed by atoms with Gasteiger partial charge >= 0.3 is 0 Å². The van der Waals surface area contributed by atoms with E-state index in [1.54, 1.807) is 6.92 Å². The predicted molar refractivity (Wildman–Crippen MR) is 88.4 cm³/mol. The van der Waals surface area contributed by atoms with Gasteiger partial charge in [-0.05, 0) is 44.1 Å². The van der Waals surface area contributed by atoms with Gasteiger partial charge in [0.25, 0.3) is 0 Å². The van der Waals surface area contributed by atoms with Gasteiger partial charge < -0.3 is 5.32 Å². The SMILES string of the molecule is CCS(=O)(=O)CC(C)NC1CCC(c2ccccc2)CC1. The molecule has 0 saturated heterocycles. The number of nitrogens with one attached hydrogen (secondary N) is 1. The van der Waals surface area contributed by atoms with E-state index in [4.69, 9.17) is 0 Å². The second-order valence-electron chi connectivity index (χ2n) is 6.23. The van der Waals surface area contributed by atoms with E-state index < -0.39 is 9.84 Å². The Morgan fingerprint density at radius 2 is 1.76 bits per heavy atom. The Balaban J connectivity index is 1.79. The lowest BCUT2D eigenvalue weighted by molar-refractivity contribution is 0.326. The zero-order valence-corrected chi connectivity index (χ0v) is 13.9. The Hall–Kier alpha value is -0.870. The van der Waals surface area contributed by atoms with Crippen LogP contribution < -0.4 is 5.32 Å². The van der Waals surface area contributed by atoms with Crippen LogP contribution in [0.15, 0.2) is 30.3 Å². The molecule has 1 unspecified atom stereocenters. The Morgan fingerprint density at radius 3 is 2.33 bits per heavy atom. The number of hydrogen-bond acceptors (Lipinski definition) is 3. The van der Waals surface area contributed by atoms with Crippen LogP contribution in [0, 0.1) is 0 Å². The van der Waals surface area contributed by atoms with Gasteiger partial charge in [-0.1, -0.05) is 37.3 Å². The van der Waals surface area contributed by atoms with Gasteiger partial charge in [0.05, 0.1) is 5.75 Å². The fourth-order valence-corrected chi connectivity index (χ4v) is 4.36. The number of rotatable bonds is 6. The summed E-state index contributed by atoms with van der Waals surface area (Å²) >= 11 is 0. The lowest BCUT2D eigenvalue weighted by Gasteiger charge is -2.31. The molecule has 2 rings (SSSR count). The van der Waals surface area contributed by atoms with Crippen molar-refractivity contribution in [1.29, 1.82) is 0 Å². The predicted octanol–water partition coefficient (Wildman–Crippen LogP) is 3.13. The maximum Gasteiger partial charge on any atom is 0.151 e. The van der Waals surface area contributed by atoms with Gasteiger partial charge in [-0.25, -0.2) is 8.42 Å². The van der Waals surface area contributed by atoms with Crippen molar-refractivity contribution in [3.63, 3.8) is 0 Å². The van der Waals surface area contributed by atoms with Gasteiger partial charge in [-0.3, -0.25) is 0 Å². The van der Waals surface area contributed by atoms with E-state index >= 15 is 0 Å². The minimum Gasteiger partial charge on any atom is -0.310 e. The van der Waals surface area contributed by atoms with Crippen molar-refractivity contribution in [1.82, 2.24) is 5.32 Å². The minimum atomic E-state index is -2.89. The van der Waals surface area contributed by atoms with Crippen molar-refractivity contribution in [3.05, 3.63) is 35.9 Å². The van der Waals surface area contributed by atoms with Crippen molar-refractivity contribution >= 4 is 9.84 Å². The van der Waals surface area contributed by atoms with Gasteiger partial charge in [-0.15, -0.1) is 0 Å². The van der Waals surface area contributed by atoms with E-state index in [0.717, 1.165) is 12.8 Å². The summed E-state index contributed by atoms with van der Waals surface area (Å²) in [5, 5.41) is 3.50. The molecule has 1 saturated carbocycles. The van der Waals surface area contributed by atoms with Crippen LogP contribution >= 0.6 is 0 Å². The smallest absolute Gasteiger partial charge is 0.151 e. The summed E-state index contributed by atoms with van der Waals surface area (Å²) in [6.07, 6.45) is 4.65. The molecule has 0 heterocycles. The van der Waals surface area contributed by atoms with Crippen LogP contribution in [-0.2, 0) is 9.84 Å². The van der Waals surface area contributed by atoms with Crippen LogP contribution in [-0.4, -0.2) is 32.0 Å². The average Bonchev–Trinajstić information content (AvgIpc) is 2.48. The monoisotopic (exact) mass is 309 g/mol. The van der Waals surface area contributed by atoms with Gasteiger partial charge in [0, 0.05) is 17.8 Å². The summed E-state index contributed by atoms with van der Waals surface area (Å²) < 4.78 is 23.3.